The van der Waals surface area contributed by atoms with Crippen LogP contribution in [0.25, 0.3) is 0 Å². The van der Waals surface area contributed by atoms with Gasteiger partial charge in [0, 0.05) is 18.1 Å². The number of alkyl halides is 1. The Morgan fingerprint density at radius 2 is 2.29 bits per heavy atom. The minimum atomic E-state index is -0.323. The molecule has 94 valence electrons. The average Bonchev–Trinajstić information content (AvgIpc) is 2.27. The third kappa shape index (κ3) is 4.23. The summed E-state index contributed by atoms with van der Waals surface area (Å²) in [5.41, 5.74) is 0.221. The van der Waals surface area contributed by atoms with Gasteiger partial charge in [-0.15, -0.1) is 11.6 Å². The summed E-state index contributed by atoms with van der Waals surface area (Å²) in [6.45, 7) is 4.13. The smallest absolute Gasteiger partial charge is 0.255 e. The van der Waals surface area contributed by atoms with Gasteiger partial charge in [-0.25, -0.2) is 0 Å². The molecule has 0 aliphatic carbocycles. The number of pyridine rings is 1. The van der Waals surface area contributed by atoms with Crippen LogP contribution < -0.4 is 5.32 Å². The van der Waals surface area contributed by atoms with Crippen LogP contribution in [0.5, 0.6) is 5.75 Å². The normalized spacial score (nSPS) is 12.5. The fourth-order valence-electron chi connectivity index (χ4n) is 1.57. The zero-order valence-corrected chi connectivity index (χ0v) is 10.7. The van der Waals surface area contributed by atoms with Crippen molar-refractivity contribution in [2.24, 2.45) is 5.92 Å². The van der Waals surface area contributed by atoms with Gasteiger partial charge in [-0.2, -0.15) is 0 Å². The Labute approximate surface area is 106 Å². The Morgan fingerprint density at radius 1 is 1.59 bits per heavy atom. The van der Waals surface area contributed by atoms with E-state index in [1.165, 1.54) is 18.5 Å². The molecule has 0 radical (unpaired) electrons. The second-order valence-electron chi connectivity index (χ2n) is 4.35. The molecule has 4 nitrogen and oxygen atoms in total. The van der Waals surface area contributed by atoms with Crippen LogP contribution in [0, 0.1) is 5.92 Å². The molecule has 0 saturated carbocycles. The standard InChI is InChI=1S/C12H17ClN2O2/c1-8(2)5-9(6-13)15-12(17)10-3-4-14-7-11(10)16/h3-4,7-9,16H,5-6H2,1-2H3,(H,15,17). The molecule has 2 N–H and O–H groups in total. The predicted molar refractivity (Wildman–Crippen MR) is 67.3 cm³/mol. The second kappa shape index (κ2) is 6.45. The van der Waals surface area contributed by atoms with Gasteiger partial charge in [-0.05, 0) is 18.4 Å². The molecule has 0 aromatic carbocycles. The number of aromatic nitrogens is 1. The summed E-state index contributed by atoms with van der Waals surface area (Å²) in [7, 11) is 0. The number of hydrogen-bond acceptors (Lipinski definition) is 3. The van der Waals surface area contributed by atoms with E-state index in [-0.39, 0.29) is 23.3 Å². The maximum atomic E-state index is 11.9. The fourth-order valence-corrected chi connectivity index (χ4v) is 1.77. The summed E-state index contributed by atoms with van der Waals surface area (Å²) >= 11 is 5.79. The maximum Gasteiger partial charge on any atom is 0.255 e. The van der Waals surface area contributed by atoms with Crippen molar-refractivity contribution in [3.63, 3.8) is 0 Å². The Hall–Kier alpha value is -1.29. The lowest BCUT2D eigenvalue weighted by molar-refractivity contribution is 0.0934. The second-order valence-corrected chi connectivity index (χ2v) is 4.66. The Bertz CT molecular complexity index is 383. The third-order valence-electron chi connectivity index (χ3n) is 2.32. The highest BCUT2D eigenvalue weighted by Crippen LogP contribution is 2.14. The number of carbonyl (C=O) groups is 1. The number of rotatable bonds is 5. The molecule has 5 heteroatoms. The van der Waals surface area contributed by atoms with E-state index in [1.54, 1.807) is 0 Å². The summed E-state index contributed by atoms with van der Waals surface area (Å²) in [6, 6.07) is 1.39. The van der Waals surface area contributed by atoms with E-state index in [2.05, 4.69) is 24.1 Å². The molecule has 0 bridgehead atoms. The van der Waals surface area contributed by atoms with E-state index in [1.807, 2.05) is 0 Å². The summed E-state index contributed by atoms with van der Waals surface area (Å²) in [4.78, 5) is 15.6. The van der Waals surface area contributed by atoms with Crippen molar-refractivity contribution in [2.75, 3.05) is 5.88 Å². The van der Waals surface area contributed by atoms with Gasteiger partial charge < -0.3 is 10.4 Å². The monoisotopic (exact) mass is 256 g/mol. The van der Waals surface area contributed by atoms with Gasteiger partial charge in [0.1, 0.15) is 5.75 Å². The lowest BCUT2D eigenvalue weighted by atomic mass is 10.0. The zero-order valence-electron chi connectivity index (χ0n) is 9.98. The number of nitrogens with one attached hydrogen (secondary N) is 1. The molecule has 1 rings (SSSR count). The van der Waals surface area contributed by atoms with E-state index >= 15 is 0 Å². The van der Waals surface area contributed by atoms with E-state index < -0.39 is 0 Å². The Morgan fingerprint density at radius 3 is 2.82 bits per heavy atom. The summed E-state index contributed by atoms with van der Waals surface area (Å²) < 4.78 is 0. The Balaban J connectivity index is 2.68. The van der Waals surface area contributed by atoms with Gasteiger partial charge in [0.05, 0.1) is 11.8 Å². The van der Waals surface area contributed by atoms with Crippen LogP contribution in [0.2, 0.25) is 0 Å². The molecular weight excluding hydrogens is 240 g/mol. The van der Waals surface area contributed by atoms with E-state index in [0.29, 0.717) is 11.8 Å². The van der Waals surface area contributed by atoms with Gasteiger partial charge in [0.2, 0.25) is 0 Å². The molecule has 0 fully saturated rings. The first-order valence-electron chi connectivity index (χ1n) is 5.54. The van der Waals surface area contributed by atoms with Crippen LogP contribution in [0.4, 0.5) is 0 Å². The Kier molecular flexibility index (Phi) is 5.22. The van der Waals surface area contributed by atoms with Crippen LogP contribution >= 0.6 is 11.6 Å². The SMILES string of the molecule is CC(C)CC(CCl)NC(=O)c1ccncc1O. The summed E-state index contributed by atoms with van der Waals surface area (Å²) in [6.07, 6.45) is 3.51. The van der Waals surface area contributed by atoms with Crippen molar-refractivity contribution in [1.29, 1.82) is 0 Å². The lowest BCUT2D eigenvalue weighted by Gasteiger charge is -2.18. The van der Waals surface area contributed by atoms with Gasteiger partial charge in [0.25, 0.3) is 5.91 Å². The highest BCUT2D eigenvalue weighted by Gasteiger charge is 2.16. The molecular formula is C12H17ClN2O2. The molecule has 17 heavy (non-hydrogen) atoms. The minimum Gasteiger partial charge on any atom is -0.505 e. The zero-order chi connectivity index (χ0) is 12.8. The molecule has 1 aromatic rings. The summed E-state index contributed by atoms with van der Waals surface area (Å²) in [5.74, 6) is 0.361. The van der Waals surface area contributed by atoms with Crippen LogP contribution in [0.15, 0.2) is 18.5 Å². The van der Waals surface area contributed by atoms with Crippen molar-refractivity contribution in [3.05, 3.63) is 24.0 Å². The van der Waals surface area contributed by atoms with Gasteiger partial charge in [0.15, 0.2) is 0 Å². The number of amides is 1. The fraction of sp³-hybridized carbons (Fsp3) is 0.500. The molecule has 0 aliphatic heterocycles. The maximum absolute atomic E-state index is 11.9. The van der Waals surface area contributed by atoms with E-state index in [0.717, 1.165) is 6.42 Å². The molecule has 1 unspecified atom stereocenters. The van der Waals surface area contributed by atoms with Crippen molar-refractivity contribution in [2.45, 2.75) is 26.3 Å². The summed E-state index contributed by atoms with van der Waals surface area (Å²) in [5, 5.41) is 12.3. The molecule has 1 aromatic heterocycles. The van der Waals surface area contributed by atoms with E-state index in [9.17, 15) is 9.90 Å². The topological polar surface area (TPSA) is 62.2 Å². The number of carbonyl (C=O) groups excluding carboxylic acids is 1. The molecule has 0 saturated heterocycles. The first-order chi connectivity index (χ1) is 8.04. The quantitative estimate of drug-likeness (QED) is 0.794. The minimum absolute atomic E-state index is 0.0864. The van der Waals surface area contributed by atoms with Crippen LogP contribution in [0.1, 0.15) is 30.6 Å². The predicted octanol–water partition coefficient (Wildman–Crippen LogP) is 2.17. The van der Waals surface area contributed by atoms with Gasteiger partial charge in [-0.3, -0.25) is 9.78 Å². The molecule has 1 atom stereocenters. The number of nitrogens with zero attached hydrogens (tertiary/aromatic N) is 1. The van der Waals surface area contributed by atoms with Crippen molar-refractivity contribution < 1.29 is 9.90 Å². The molecule has 0 spiro atoms. The molecule has 0 aliphatic rings. The van der Waals surface area contributed by atoms with Crippen molar-refractivity contribution in [3.8, 4) is 5.75 Å². The van der Waals surface area contributed by atoms with E-state index in [4.69, 9.17) is 11.6 Å². The molecule has 1 amide bonds. The third-order valence-corrected chi connectivity index (χ3v) is 2.69. The van der Waals surface area contributed by atoms with Gasteiger partial charge in [-0.1, -0.05) is 13.8 Å². The highest BCUT2D eigenvalue weighted by molar-refractivity contribution is 6.18. The van der Waals surface area contributed by atoms with Crippen molar-refractivity contribution in [1.82, 2.24) is 10.3 Å². The number of aromatic hydroxyl groups is 1. The lowest BCUT2D eigenvalue weighted by Crippen LogP contribution is -2.37. The molecule has 1 heterocycles. The van der Waals surface area contributed by atoms with Gasteiger partial charge >= 0.3 is 0 Å². The van der Waals surface area contributed by atoms with Crippen molar-refractivity contribution >= 4 is 17.5 Å². The van der Waals surface area contributed by atoms with Crippen LogP contribution in [0.3, 0.4) is 0 Å². The van der Waals surface area contributed by atoms with Crippen LogP contribution in [-0.4, -0.2) is 27.9 Å². The first kappa shape index (κ1) is 13.8. The highest BCUT2D eigenvalue weighted by atomic mass is 35.5. The number of halogens is 1. The average molecular weight is 257 g/mol. The number of hydrogen-bond donors (Lipinski definition) is 2. The first-order valence-corrected chi connectivity index (χ1v) is 6.07. The largest absolute Gasteiger partial charge is 0.505 e. The van der Waals surface area contributed by atoms with Crippen LogP contribution in [-0.2, 0) is 0 Å².